The first kappa shape index (κ1) is 15.9. The van der Waals surface area contributed by atoms with E-state index >= 15 is 0 Å². The Morgan fingerprint density at radius 2 is 2.10 bits per heavy atom. The third-order valence-electron chi connectivity index (χ3n) is 2.89. The van der Waals surface area contributed by atoms with Gasteiger partial charge in [-0.2, -0.15) is 0 Å². The molecule has 0 unspecified atom stereocenters. The minimum atomic E-state index is 0.0294. The highest BCUT2D eigenvalue weighted by Crippen LogP contribution is 2.29. The van der Waals surface area contributed by atoms with Crippen LogP contribution < -0.4 is 10.1 Å². The first-order chi connectivity index (χ1) is 9.85. The highest BCUT2D eigenvalue weighted by Gasteiger charge is 2.14. The topological polar surface area (TPSA) is 47.3 Å². The maximum absolute atomic E-state index is 6.25. The van der Waals surface area contributed by atoms with Crippen LogP contribution in [0.3, 0.4) is 0 Å². The van der Waals surface area contributed by atoms with E-state index in [0.717, 1.165) is 11.3 Å². The maximum atomic E-state index is 6.25. The Morgan fingerprint density at radius 1 is 1.33 bits per heavy atom. The average Bonchev–Trinajstić information content (AvgIpc) is 2.80. The van der Waals surface area contributed by atoms with Gasteiger partial charge in [0.2, 0.25) is 0 Å². The van der Waals surface area contributed by atoms with Crippen LogP contribution in [0.15, 0.2) is 28.8 Å². The van der Waals surface area contributed by atoms with E-state index in [1.54, 1.807) is 0 Å². The van der Waals surface area contributed by atoms with Crippen LogP contribution >= 0.6 is 11.6 Å². The second-order valence-electron chi connectivity index (χ2n) is 6.05. The molecule has 1 aromatic heterocycles. The molecule has 2 aromatic rings. The summed E-state index contributed by atoms with van der Waals surface area (Å²) >= 11 is 6.25. The van der Waals surface area contributed by atoms with E-state index in [-0.39, 0.29) is 5.54 Å². The lowest BCUT2D eigenvalue weighted by Crippen LogP contribution is -2.35. The fourth-order valence-electron chi connectivity index (χ4n) is 1.84. The molecule has 0 spiro atoms. The molecule has 1 N–H and O–H groups in total. The standard InChI is InChI=1S/C16H21ClN2O2/c1-11-8-13(21-19-11)10-20-15-12(6-5-7-14(15)17)9-18-16(2,3)4/h5-8,18H,9-10H2,1-4H3. The molecule has 2 rings (SSSR count). The van der Waals surface area contributed by atoms with E-state index in [4.69, 9.17) is 20.9 Å². The van der Waals surface area contributed by atoms with Gasteiger partial charge in [-0.15, -0.1) is 0 Å². The molecule has 0 atom stereocenters. The first-order valence-electron chi connectivity index (χ1n) is 6.92. The summed E-state index contributed by atoms with van der Waals surface area (Å²) in [6, 6.07) is 7.60. The van der Waals surface area contributed by atoms with Crippen molar-refractivity contribution in [1.82, 2.24) is 10.5 Å². The van der Waals surface area contributed by atoms with E-state index in [1.807, 2.05) is 31.2 Å². The van der Waals surface area contributed by atoms with Gasteiger partial charge in [-0.1, -0.05) is 28.9 Å². The Labute approximate surface area is 130 Å². The molecule has 0 aliphatic rings. The molecule has 0 saturated heterocycles. The summed E-state index contributed by atoms with van der Waals surface area (Å²) in [7, 11) is 0. The molecule has 4 nitrogen and oxygen atoms in total. The largest absolute Gasteiger partial charge is 0.484 e. The zero-order chi connectivity index (χ0) is 15.5. The van der Waals surface area contributed by atoms with Crippen LogP contribution in [0.25, 0.3) is 0 Å². The average molecular weight is 309 g/mol. The van der Waals surface area contributed by atoms with Gasteiger partial charge >= 0.3 is 0 Å². The van der Waals surface area contributed by atoms with Crippen LogP contribution in [0.1, 0.15) is 37.8 Å². The van der Waals surface area contributed by atoms with Crippen molar-refractivity contribution in [1.29, 1.82) is 0 Å². The minimum absolute atomic E-state index is 0.0294. The lowest BCUT2D eigenvalue weighted by atomic mass is 10.1. The predicted molar refractivity (Wildman–Crippen MR) is 83.6 cm³/mol. The highest BCUT2D eigenvalue weighted by molar-refractivity contribution is 6.32. The number of hydrogen-bond donors (Lipinski definition) is 1. The number of ether oxygens (including phenoxy) is 1. The normalized spacial score (nSPS) is 11.7. The summed E-state index contributed by atoms with van der Waals surface area (Å²) in [4.78, 5) is 0. The van der Waals surface area contributed by atoms with Gasteiger partial charge in [0.05, 0.1) is 10.7 Å². The fraction of sp³-hybridized carbons (Fsp3) is 0.438. The Hall–Kier alpha value is -1.52. The van der Waals surface area contributed by atoms with Crippen molar-refractivity contribution in [3.63, 3.8) is 0 Å². The minimum Gasteiger partial charge on any atom is -0.484 e. The Balaban J connectivity index is 2.10. The van der Waals surface area contributed by atoms with Crippen LogP contribution in [0, 0.1) is 6.92 Å². The number of benzene rings is 1. The van der Waals surface area contributed by atoms with Crippen LogP contribution in [-0.4, -0.2) is 10.7 Å². The predicted octanol–water partition coefficient (Wildman–Crippen LogP) is 4.10. The van der Waals surface area contributed by atoms with Crippen LogP contribution in [0.5, 0.6) is 5.75 Å². The van der Waals surface area contributed by atoms with Crippen molar-refractivity contribution in [3.8, 4) is 5.75 Å². The second kappa shape index (κ2) is 6.50. The van der Waals surface area contributed by atoms with E-state index in [1.165, 1.54) is 0 Å². The van der Waals surface area contributed by atoms with Gasteiger partial charge in [0.15, 0.2) is 5.76 Å². The SMILES string of the molecule is Cc1cc(COc2c(Cl)cccc2CNC(C)(C)C)on1. The van der Waals surface area contributed by atoms with Gasteiger partial charge in [0.25, 0.3) is 0 Å². The molecular weight excluding hydrogens is 288 g/mol. The lowest BCUT2D eigenvalue weighted by molar-refractivity contribution is 0.246. The number of rotatable bonds is 5. The van der Waals surface area contributed by atoms with Crippen molar-refractivity contribution >= 4 is 11.6 Å². The van der Waals surface area contributed by atoms with Crippen LogP contribution in [-0.2, 0) is 13.2 Å². The summed E-state index contributed by atoms with van der Waals surface area (Å²) in [6.07, 6.45) is 0. The van der Waals surface area contributed by atoms with Gasteiger partial charge < -0.3 is 14.6 Å². The molecule has 114 valence electrons. The number of halogens is 1. The molecule has 0 amide bonds. The molecule has 0 fully saturated rings. The lowest BCUT2D eigenvalue weighted by Gasteiger charge is -2.22. The highest BCUT2D eigenvalue weighted by atomic mass is 35.5. The molecule has 1 aromatic carbocycles. The molecule has 21 heavy (non-hydrogen) atoms. The molecule has 0 aliphatic heterocycles. The smallest absolute Gasteiger partial charge is 0.174 e. The van der Waals surface area contributed by atoms with Crippen molar-refractivity contribution in [3.05, 3.63) is 46.3 Å². The monoisotopic (exact) mass is 308 g/mol. The van der Waals surface area contributed by atoms with Crippen LogP contribution in [0.2, 0.25) is 5.02 Å². The quantitative estimate of drug-likeness (QED) is 0.903. The van der Waals surface area contributed by atoms with Crippen molar-refractivity contribution < 1.29 is 9.26 Å². The molecule has 0 bridgehead atoms. The molecule has 0 radical (unpaired) electrons. The first-order valence-corrected chi connectivity index (χ1v) is 7.30. The number of nitrogens with zero attached hydrogens (tertiary/aromatic N) is 1. The van der Waals surface area contributed by atoms with Gasteiger partial charge in [-0.25, -0.2) is 0 Å². The Kier molecular flexibility index (Phi) is 4.91. The van der Waals surface area contributed by atoms with E-state index in [2.05, 4.69) is 31.2 Å². The third-order valence-corrected chi connectivity index (χ3v) is 3.19. The number of aromatic nitrogens is 1. The summed E-state index contributed by atoms with van der Waals surface area (Å²) in [5, 5.41) is 7.87. The molecule has 1 heterocycles. The third kappa shape index (κ3) is 4.76. The number of nitrogens with one attached hydrogen (secondary N) is 1. The van der Waals surface area contributed by atoms with E-state index in [9.17, 15) is 0 Å². The number of hydrogen-bond acceptors (Lipinski definition) is 4. The maximum Gasteiger partial charge on any atom is 0.174 e. The van der Waals surface area contributed by atoms with Crippen molar-refractivity contribution in [2.24, 2.45) is 0 Å². The van der Waals surface area contributed by atoms with E-state index in [0.29, 0.717) is 29.7 Å². The number of para-hydroxylation sites is 1. The summed E-state index contributed by atoms with van der Waals surface area (Å²) in [5.41, 5.74) is 1.89. The molecular formula is C16H21ClN2O2. The second-order valence-corrected chi connectivity index (χ2v) is 6.46. The number of aryl methyl sites for hydroxylation is 1. The van der Waals surface area contributed by atoms with Gasteiger partial charge in [-0.05, 0) is 33.8 Å². The van der Waals surface area contributed by atoms with Gasteiger partial charge in [-0.3, -0.25) is 0 Å². The zero-order valence-corrected chi connectivity index (χ0v) is 13.6. The van der Waals surface area contributed by atoms with Crippen LogP contribution in [0.4, 0.5) is 0 Å². The zero-order valence-electron chi connectivity index (χ0n) is 12.9. The van der Waals surface area contributed by atoms with Gasteiger partial charge in [0, 0.05) is 23.7 Å². The van der Waals surface area contributed by atoms with Crippen molar-refractivity contribution in [2.75, 3.05) is 0 Å². The summed E-state index contributed by atoms with van der Waals surface area (Å²) < 4.78 is 11.0. The molecule has 0 aliphatic carbocycles. The van der Waals surface area contributed by atoms with Gasteiger partial charge in [0.1, 0.15) is 12.4 Å². The summed E-state index contributed by atoms with van der Waals surface area (Å²) in [6.45, 7) is 9.24. The van der Waals surface area contributed by atoms with E-state index < -0.39 is 0 Å². The molecule has 0 saturated carbocycles. The fourth-order valence-corrected chi connectivity index (χ4v) is 2.09. The molecule has 5 heteroatoms. The summed E-state index contributed by atoms with van der Waals surface area (Å²) in [5.74, 6) is 1.37. The van der Waals surface area contributed by atoms with Crippen molar-refractivity contribution in [2.45, 2.75) is 46.4 Å². The Bertz CT molecular complexity index is 603. The Morgan fingerprint density at radius 3 is 2.71 bits per heavy atom.